The van der Waals surface area contributed by atoms with Gasteiger partial charge in [-0.1, -0.05) is 30.3 Å². The third kappa shape index (κ3) is 5.90. The fraction of sp³-hybridized carbons (Fsp3) is 0.0370. The van der Waals surface area contributed by atoms with Crippen LogP contribution in [0.3, 0.4) is 0 Å². The molecule has 0 aliphatic carbocycles. The molecule has 0 fully saturated rings. The molecule has 0 amide bonds. The van der Waals surface area contributed by atoms with Crippen molar-refractivity contribution in [3.05, 3.63) is 108 Å². The number of aliphatic imine (C=N–C) groups is 2. The number of isocyanates is 2. The molecular formula is C27H18N2O4. The van der Waals surface area contributed by atoms with E-state index >= 15 is 0 Å². The fourth-order valence-electron chi connectivity index (χ4n) is 3.22. The maximum Gasteiger partial charge on any atom is 0.240 e. The summed E-state index contributed by atoms with van der Waals surface area (Å²) in [7, 11) is 0. The number of hydrogen-bond acceptors (Lipinski definition) is 6. The van der Waals surface area contributed by atoms with Crippen molar-refractivity contribution in [2.24, 2.45) is 9.98 Å². The van der Waals surface area contributed by atoms with Crippen molar-refractivity contribution in [1.82, 2.24) is 0 Å². The van der Waals surface area contributed by atoms with Crippen LogP contribution in [-0.4, -0.2) is 12.2 Å². The largest absolute Gasteiger partial charge is 0.457 e. The van der Waals surface area contributed by atoms with Crippen LogP contribution in [0.4, 0.5) is 11.4 Å². The van der Waals surface area contributed by atoms with E-state index in [0.29, 0.717) is 40.8 Å². The molecular weight excluding hydrogens is 416 g/mol. The zero-order valence-corrected chi connectivity index (χ0v) is 17.5. The van der Waals surface area contributed by atoms with E-state index in [2.05, 4.69) is 22.1 Å². The molecule has 4 aromatic rings. The highest BCUT2D eigenvalue weighted by Crippen LogP contribution is 2.33. The van der Waals surface area contributed by atoms with Gasteiger partial charge in [0.15, 0.2) is 0 Å². The van der Waals surface area contributed by atoms with Crippen molar-refractivity contribution in [3.63, 3.8) is 0 Å². The highest BCUT2D eigenvalue weighted by Gasteiger charge is 2.10. The minimum atomic E-state index is 0.510. The molecule has 0 aliphatic rings. The summed E-state index contributed by atoms with van der Waals surface area (Å²) in [5, 5.41) is 0. The Morgan fingerprint density at radius 2 is 1.15 bits per heavy atom. The van der Waals surface area contributed by atoms with Gasteiger partial charge in [0.1, 0.15) is 23.0 Å². The molecule has 33 heavy (non-hydrogen) atoms. The van der Waals surface area contributed by atoms with Gasteiger partial charge in [0, 0.05) is 12.0 Å². The standard InChI is InChI=1S/C27H18N2O4/c30-18-28-22-6-10-24(11-7-22)32-26-14-15-27(21(17-26)16-20-4-2-1-3-5-20)33-25-12-8-23(9-13-25)29-19-31/h1-15,17H,16H2. The van der Waals surface area contributed by atoms with Gasteiger partial charge < -0.3 is 9.47 Å². The van der Waals surface area contributed by atoms with Crippen LogP contribution in [0.5, 0.6) is 23.0 Å². The molecule has 0 N–H and O–H groups in total. The Kier molecular flexibility index (Phi) is 6.84. The van der Waals surface area contributed by atoms with Gasteiger partial charge in [-0.3, -0.25) is 0 Å². The van der Waals surface area contributed by atoms with Crippen LogP contribution in [-0.2, 0) is 16.0 Å². The van der Waals surface area contributed by atoms with Crippen molar-refractivity contribution in [3.8, 4) is 23.0 Å². The van der Waals surface area contributed by atoms with Gasteiger partial charge in [0.05, 0.1) is 11.4 Å². The third-order valence-corrected chi connectivity index (χ3v) is 4.76. The summed E-state index contributed by atoms with van der Waals surface area (Å²) in [6.45, 7) is 0. The second-order valence-corrected chi connectivity index (χ2v) is 7.03. The zero-order valence-electron chi connectivity index (χ0n) is 17.5. The van der Waals surface area contributed by atoms with Crippen molar-refractivity contribution < 1.29 is 19.1 Å². The lowest BCUT2D eigenvalue weighted by Crippen LogP contribution is -1.95. The zero-order chi connectivity index (χ0) is 22.9. The lowest BCUT2D eigenvalue weighted by atomic mass is 10.0. The normalized spacial score (nSPS) is 9.94. The van der Waals surface area contributed by atoms with E-state index in [9.17, 15) is 9.59 Å². The maximum absolute atomic E-state index is 10.4. The van der Waals surface area contributed by atoms with Crippen molar-refractivity contribution >= 4 is 23.5 Å². The van der Waals surface area contributed by atoms with Crippen LogP contribution in [0.15, 0.2) is 107 Å². The summed E-state index contributed by atoms with van der Waals surface area (Å²) in [5.74, 6) is 2.57. The monoisotopic (exact) mass is 434 g/mol. The van der Waals surface area contributed by atoms with Crippen LogP contribution in [0.25, 0.3) is 0 Å². The molecule has 0 radical (unpaired) electrons. The van der Waals surface area contributed by atoms with Crippen molar-refractivity contribution in [2.45, 2.75) is 6.42 Å². The number of carbonyl (C=O) groups excluding carboxylic acids is 2. The molecule has 160 valence electrons. The molecule has 4 aromatic carbocycles. The molecule has 4 rings (SSSR count). The first-order valence-corrected chi connectivity index (χ1v) is 10.1. The van der Waals surface area contributed by atoms with Gasteiger partial charge in [-0.15, -0.1) is 0 Å². The predicted molar refractivity (Wildman–Crippen MR) is 124 cm³/mol. The number of nitrogens with zero attached hydrogens (tertiary/aromatic N) is 2. The second-order valence-electron chi connectivity index (χ2n) is 7.03. The Balaban J connectivity index is 1.61. The van der Waals surface area contributed by atoms with Crippen molar-refractivity contribution in [2.75, 3.05) is 0 Å². The van der Waals surface area contributed by atoms with E-state index in [1.807, 2.05) is 36.4 Å². The summed E-state index contributed by atoms with van der Waals surface area (Å²) in [6.07, 6.45) is 3.69. The quantitative estimate of drug-likeness (QED) is 0.226. The van der Waals surface area contributed by atoms with Gasteiger partial charge in [-0.05, 0) is 72.3 Å². The average Bonchev–Trinajstić information content (AvgIpc) is 2.84. The van der Waals surface area contributed by atoms with E-state index < -0.39 is 0 Å². The molecule has 0 saturated heterocycles. The smallest absolute Gasteiger partial charge is 0.240 e. The highest BCUT2D eigenvalue weighted by atomic mass is 16.5. The number of hydrogen-bond donors (Lipinski definition) is 0. The molecule has 0 unspecified atom stereocenters. The van der Waals surface area contributed by atoms with E-state index in [4.69, 9.17) is 9.47 Å². The van der Waals surface area contributed by atoms with Crippen LogP contribution in [0.2, 0.25) is 0 Å². The SMILES string of the molecule is O=C=Nc1ccc(Oc2ccc(Oc3ccc(N=C=O)cc3)c(Cc3ccccc3)c2)cc1. The first-order chi connectivity index (χ1) is 16.2. The summed E-state index contributed by atoms with van der Waals surface area (Å²) >= 11 is 0. The van der Waals surface area contributed by atoms with E-state index in [-0.39, 0.29) is 0 Å². The summed E-state index contributed by atoms with van der Waals surface area (Å²) in [5.41, 5.74) is 3.09. The molecule has 0 spiro atoms. The number of benzene rings is 4. The molecule has 0 aromatic heterocycles. The molecule has 0 bridgehead atoms. The van der Waals surface area contributed by atoms with Crippen LogP contribution >= 0.6 is 0 Å². The minimum Gasteiger partial charge on any atom is -0.457 e. The summed E-state index contributed by atoms with van der Waals surface area (Å²) < 4.78 is 12.1. The van der Waals surface area contributed by atoms with Gasteiger partial charge in [-0.2, -0.15) is 9.98 Å². The van der Waals surface area contributed by atoms with E-state index in [0.717, 1.165) is 11.1 Å². The van der Waals surface area contributed by atoms with Gasteiger partial charge in [-0.25, -0.2) is 9.59 Å². The minimum absolute atomic E-state index is 0.510. The van der Waals surface area contributed by atoms with Gasteiger partial charge in [0.25, 0.3) is 0 Å². The number of ether oxygens (including phenoxy) is 2. The van der Waals surface area contributed by atoms with Gasteiger partial charge in [0.2, 0.25) is 12.2 Å². The Labute approximate surface area is 190 Å². The van der Waals surface area contributed by atoms with E-state index in [1.54, 1.807) is 48.5 Å². The molecule has 0 atom stereocenters. The van der Waals surface area contributed by atoms with Gasteiger partial charge >= 0.3 is 0 Å². The van der Waals surface area contributed by atoms with Crippen molar-refractivity contribution in [1.29, 1.82) is 0 Å². The Hall–Kier alpha value is -4.76. The molecule has 0 heterocycles. The Morgan fingerprint density at radius 1 is 0.606 bits per heavy atom. The second kappa shape index (κ2) is 10.5. The van der Waals surface area contributed by atoms with Crippen LogP contribution in [0.1, 0.15) is 11.1 Å². The first kappa shape index (κ1) is 21.5. The number of rotatable bonds is 8. The van der Waals surface area contributed by atoms with Crippen LogP contribution < -0.4 is 9.47 Å². The highest BCUT2D eigenvalue weighted by molar-refractivity contribution is 5.52. The molecule has 6 heteroatoms. The Bertz CT molecular complexity index is 1320. The molecule has 0 saturated carbocycles. The lowest BCUT2D eigenvalue weighted by Gasteiger charge is -2.14. The van der Waals surface area contributed by atoms with Crippen LogP contribution in [0, 0.1) is 0 Å². The topological polar surface area (TPSA) is 77.3 Å². The molecule has 6 nitrogen and oxygen atoms in total. The average molecular weight is 434 g/mol. The fourth-order valence-corrected chi connectivity index (χ4v) is 3.22. The summed E-state index contributed by atoms with van der Waals surface area (Å²) in [6, 6.07) is 29.4. The third-order valence-electron chi connectivity index (χ3n) is 4.76. The lowest BCUT2D eigenvalue weighted by molar-refractivity contribution is 0.465. The first-order valence-electron chi connectivity index (χ1n) is 10.1. The predicted octanol–water partition coefficient (Wildman–Crippen LogP) is 6.80. The molecule has 0 aliphatic heterocycles. The Morgan fingerprint density at radius 3 is 1.73 bits per heavy atom. The maximum atomic E-state index is 10.4. The summed E-state index contributed by atoms with van der Waals surface area (Å²) in [4.78, 5) is 28.0. The van der Waals surface area contributed by atoms with E-state index in [1.165, 1.54) is 12.2 Å².